The maximum Gasteiger partial charge on any atom is 0.389 e. The molecule has 0 fully saturated rings. The van der Waals surface area contributed by atoms with Gasteiger partial charge in [-0.25, -0.2) is 14.7 Å². The lowest BCUT2D eigenvalue weighted by atomic mass is 10.3. The molecule has 1 heterocycles. The molecule has 0 aliphatic carbocycles. The van der Waals surface area contributed by atoms with Crippen LogP contribution >= 0.6 is 0 Å². The summed E-state index contributed by atoms with van der Waals surface area (Å²) in [7, 11) is 1.59. The van der Waals surface area contributed by atoms with Gasteiger partial charge >= 0.3 is 5.63 Å². The van der Waals surface area contributed by atoms with Crippen molar-refractivity contribution in [2.24, 2.45) is 0 Å². The highest BCUT2D eigenvalue weighted by Gasteiger charge is 2.02. The van der Waals surface area contributed by atoms with Crippen molar-refractivity contribution in [2.45, 2.75) is 0 Å². The number of ether oxygens (including phenoxy) is 1. The Labute approximate surface area is 79.5 Å². The molecule has 0 saturated carbocycles. The summed E-state index contributed by atoms with van der Waals surface area (Å²) < 4.78 is 10.8. The fraction of sp³-hybridized carbons (Fsp3) is 0.111. The van der Waals surface area contributed by atoms with E-state index in [-0.39, 0.29) is 0 Å². The second-order valence-electron chi connectivity index (χ2n) is 2.66. The third kappa shape index (κ3) is 1.52. The molecule has 5 heteroatoms. The van der Waals surface area contributed by atoms with E-state index in [1.807, 2.05) is 0 Å². The van der Waals surface area contributed by atoms with Crippen LogP contribution in [-0.4, -0.2) is 7.11 Å². The third-order valence-corrected chi connectivity index (χ3v) is 1.78. The SMILES string of the molecule is COc1ccc(-[n+]2cc(=O)o[n-]2)cc1. The van der Waals surface area contributed by atoms with Crippen molar-refractivity contribution in [3.63, 3.8) is 0 Å². The van der Waals surface area contributed by atoms with Gasteiger partial charge < -0.3 is 9.26 Å². The Balaban J connectivity index is 2.38. The fourth-order valence-corrected chi connectivity index (χ4v) is 1.09. The molecule has 0 radical (unpaired) electrons. The van der Waals surface area contributed by atoms with E-state index in [0.717, 1.165) is 11.4 Å². The molecule has 0 aliphatic heterocycles. The highest BCUT2D eigenvalue weighted by atomic mass is 16.5. The van der Waals surface area contributed by atoms with E-state index in [4.69, 9.17) is 4.74 Å². The van der Waals surface area contributed by atoms with Crippen LogP contribution in [0, 0.1) is 0 Å². The third-order valence-electron chi connectivity index (χ3n) is 1.78. The molecule has 0 aliphatic rings. The van der Waals surface area contributed by atoms with Crippen LogP contribution in [0.15, 0.2) is 39.8 Å². The zero-order valence-electron chi connectivity index (χ0n) is 7.51. The zero-order valence-corrected chi connectivity index (χ0v) is 7.51. The van der Waals surface area contributed by atoms with Crippen molar-refractivity contribution < 1.29 is 13.9 Å². The number of aromatic nitrogens is 2. The van der Waals surface area contributed by atoms with Gasteiger partial charge in [-0.2, -0.15) is 0 Å². The molecular weight excluding hydrogens is 184 g/mol. The molecule has 0 saturated heterocycles. The van der Waals surface area contributed by atoms with Crippen LogP contribution < -0.4 is 20.3 Å². The van der Waals surface area contributed by atoms with Gasteiger partial charge in [0.25, 0.3) is 6.20 Å². The minimum Gasteiger partial charge on any atom is -0.497 e. The molecule has 0 N–H and O–H groups in total. The van der Waals surface area contributed by atoms with E-state index >= 15 is 0 Å². The molecule has 5 nitrogen and oxygen atoms in total. The molecule has 0 spiro atoms. The molecule has 0 amide bonds. The molecule has 1 aromatic carbocycles. The Hall–Kier alpha value is -2.04. The lowest BCUT2D eigenvalue weighted by molar-refractivity contribution is -0.676. The van der Waals surface area contributed by atoms with Gasteiger partial charge in [0.2, 0.25) is 5.69 Å². The van der Waals surface area contributed by atoms with Gasteiger partial charge in [-0.1, -0.05) is 0 Å². The van der Waals surface area contributed by atoms with Crippen molar-refractivity contribution in [1.29, 1.82) is 0 Å². The number of hydrogen-bond acceptors (Lipinski definition) is 3. The quantitative estimate of drug-likeness (QED) is 0.622. The van der Waals surface area contributed by atoms with Gasteiger partial charge in [0.15, 0.2) is 0 Å². The van der Waals surface area contributed by atoms with Gasteiger partial charge in [-0.3, -0.25) is 0 Å². The van der Waals surface area contributed by atoms with Gasteiger partial charge in [0.1, 0.15) is 5.75 Å². The first-order valence-corrected chi connectivity index (χ1v) is 4.00. The normalized spacial score (nSPS) is 10.1. The van der Waals surface area contributed by atoms with Crippen LogP contribution in [0.3, 0.4) is 0 Å². The summed E-state index contributed by atoms with van der Waals surface area (Å²) in [5, 5.41) is 3.53. The Morgan fingerprint density at radius 1 is 1.36 bits per heavy atom. The average molecular weight is 192 g/mol. The summed E-state index contributed by atoms with van der Waals surface area (Å²) >= 11 is 0. The van der Waals surface area contributed by atoms with Gasteiger partial charge in [0.05, 0.1) is 7.11 Å². The Morgan fingerprint density at radius 2 is 2.07 bits per heavy atom. The molecule has 14 heavy (non-hydrogen) atoms. The molecule has 0 atom stereocenters. The zero-order chi connectivity index (χ0) is 9.97. The van der Waals surface area contributed by atoms with Gasteiger partial charge in [-0.15, -0.1) is 0 Å². The number of benzene rings is 1. The first-order valence-electron chi connectivity index (χ1n) is 4.00. The first kappa shape index (κ1) is 8.55. The highest BCUT2D eigenvalue weighted by Crippen LogP contribution is 2.10. The predicted molar refractivity (Wildman–Crippen MR) is 46.4 cm³/mol. The van der Waals surface area contributed by atoms with E-state index < -0.39 is 5.63 Å². The second-order valence-corrected chi connectivity index (χ2v) is 2.66. The van der Waals surface area contributed by atoms with E-state index in [1.165, 1.54) is 10.9 Å². The van der Waals surface area contributed by atoms with E-state index in [2.05, 4.69) is 9.79 Å². The topological polar surface area (TPSA) is 57.4 Å². The van der Waals surface area contributed by atoms with Crippen molar-refractivity contribution in [2.75, 3.05) is 7.11 Å². The molecular formula is C9H8N2O3. The lowest BCUT2D eigenvalue weighted by Gasteiger charge is -1.99. The summed E-state index contributed by atoms with van der Waals surface area (Å²) in [4.78, 5) is 10.7. The lowest BCUT2D eigenvalue weighted by Crippen LogP contribution is -2.33. The van der Waals surface area contributed by atoms with E-state index in [0.29, 0.717) is 0 Å². The molecule has 0 bridgehead atoms. The molecule has 2 rings (SSSR count). The van der Waals surface area contributed by atoms with Crippen LogP contribution in [0.5, 0.6) is 5.75 Å². The standard InChI is InChI=1S/C9H8N2O3/c1-13-8-4-2-7(3-5-8)11-6-9(12)14-10-11/h2-6H,1H3. The van der Waals surface area contributed by atoms with Crippen LogP contribution in [0.25, 0.3) is 5.69 Å². The minimum absolute atomic E-state index is 0.471. The molecule has 2 aromatic rings. The van der Waals surface area contributed by atoms with Crippen molar-refractivity contribution in [3.05, 3.63) is 40.9 Å². The van der Waals surface area contributed by atoms with Crippen LogP contribution in [0.1, 0.15) is 0 Å². The smallest absolute Gasteiger partial charge is 0.389 e. The van der Waals surface area contributed by atoms with Gasteiger partial charge in [0, 0.05) is 12.1 Å². The fourth-order valence-electron chi connectivity index (χ4n) is 1.09. The van der Waals surface area contributed by atoms with E-state index in [9.17, 15) is 4.79 Å². The summed E-state index contributed by atoms with van der Waals surface area (Å²) in [6.07, 6.45) is 1.27. The number of nitrogens with zero attached hydrogens (tertiary/aromatic N) is 2. The number of methoxy groups -OCH3 is 1. The Morgan fingerprint density at radius 3 is 2.57 bits per heavy atom. The predicted octanol–water partition coefficient (Wildman–Crippen LogP) is -0.118. The second kappa shape index (κ2) is 3.37. The molecule has 0 unspecified atom stereocenters. The molecule has 1 aromatic heterocycles. The van der Waals surface area contributed by atoms with Crippen LogP contribution in [-0.2, 0) is 0 Å². The highest BCUT2D eigenvalue weighted by molar-refractivity contribution is 5.30. The monoisotopic (exact) mass is 192 g/mol. The average Bonchev–Trinajstić information content (AvgIpc) is 2.65. The first-order chi connectivity index (χ1) is 6.79. The largest absolute Gasteiger partial charge is 0.497 e. The maximum absolute atomic E-state index is 10.7. The summed E-state index contributed by atoms with van der Waals surface area (Å²) in [6.45, 7) is 0. The van der Waals surface area contributed by atoms with Crippen molar-refractivity contribution in [1.82, 2.24) is 5.27 Å². The maximum atomic E-state index is 10.7. The summed E-state index contributed by atoms with van der Waals surface area (Å²) in [5.41, 5.74) is 0.275. The van der Waals surface area contributed by atoms with E-state index in [1.54, 1.807) is 31.4 Å². The van der Waals surface area contributed by atoms with Crippen LogP contribution in [0.2, 0.25) is 0 Å². The van der Waals surface area contributed by atoms with Crippen molar-refractivity contribution >= 4 is 0 Å². The van der Waals surface area contributed by atoms with Gasteiger partial charge in [-0.05, 0) is 12.1 Å². The number of rotatable bonds is 2. The Bertz CT molecular complexity index is 469. The Kier molecular flexibility index (Phi) is 2.06. The van der Waals surface area contributed by atoms with Crippen molar-refractivity contribution in [3.8, 4) is 11.4 Å². The number of hydrogen-bond donors (Lipinski definition) is 0. The summed E-state index contributed by atoms with van der Waals surface area (Å²) in [5.74, 6) is 0.750. The van der Waals surface area contributed by atoms with Crippen LogP contribution in [0.4, 0.5) is 0 Å². The summed E-state index contributed by atoms with van der Waals surface area (Å²) in [6, 6.07) is 7.12. The minimum atomic E-state index is -0.471. The molecule has 72 valence electrons.